The smallest absolute Gasteiger partial charge is 0.188 e. The van der Waals surface area contributed by atoms with Crippen LogP contribution in [0.2, 0.25) is 18.1 Å². The first-order chi connectivity index (χ1) is 10.7. The van der Waals surface area contributed by atoms with Crippen molar-refractivity contribution in [3.63, 3.8) is 0 Å². The summed E-state index contributed by atoms with van der Waals surface area (Å²) in [6, 6.07) is 0. The van der Waals surface area contributed by atoms with E-state index < -0.39 is 8.07 Å². The zero-order valence-electron chi connectivity index (χ0n) is 16.1. The van der Waals surface area contributed by atoms with E-state index >= 15 is 0 Å². The maximum Gasteiger partial charge on any atom is 0.188 e. The summed E-state index contributed by atoms with van der Waals surface area (Å²) in [6.07, 6.45) is 9.53. The SMILES string of the molecule is C=CCC(=C=C(OCOC)[Si](C)(C)C(C)(C)C)C1CCCCC1. The molecular formula is C20H36O2Si. The molecule has 0 saturated heterocycles. The molecule has 0 heterocycles. The second kappa shape index (κ2) is 8.91. The Balaban J connectivity index is 3.31. The summed E-state index contributed by atoms with van der Waals surface area (Å²) in [5.41, 5.74) is 5.11. The lowest BCUT2D eigenvalue weighted by Crippen LogP contribution is -2.40. The van der Waals surface area contributed by atoms with Crippen LogP contribution in [-0.2, 0) is 9.47 Å². The predicted molar refractivity (Wildman–Crippen MR) is 102 cm³/mol. The molecule has 1 saturated carbocycles. The normalized spacial score (nSPS) is 16.6. The van der Waals surface area contributed by atoms with E-state index in [1.54, 1.807) is 7.11 Å². The predicted octanol–water partition coefficient (Wildman–Crippen LogP) is 6.22. The number of ether oxygens (including phenoxy) is 2. The van der Waals surface area contributed by atoms with Crippen LogP contribution in [0.5, 0.6) is 0 Å². The Labute approximate surface area is 144 Å². The van der Waals surface area contributed by atoms with Gasteiger partial charge in [0.1, 0.15) is 13.5 Å². The number of hydrogen-bond acceptors (Lipinski definition) is 2. The summed E-state index contributed by atoms with van der Waals surface area (Å²) in [6.45, 7) is 15.9. The summed E-state index contributed by atoms with van der Waals surface area (Å²) in [5, 5.41) is 1.27. The summed E-state index contributed by atoms with van der Waals surface area (Å²) < 4.78 is 11.2. The lowest BCUT2D eigenvalue weighted by molar-refractivity contribution is 0.0126. The Morgan fingerprint density at radius 3 is 2.30 bits per heavy atom. The lowest BCUT2D eigenvalue weighted by Gasteiger charge is -2.37. The van der Waals surface area contributed by atoms with Crippen LogP contribution in [-0.4, -0.2) is 22.0 Å². The standard InChI is InChI=1S/C20H36O2Si/c1-8-12-18(17-13-10-9-11-14-17)15-19(22-16-21-5)23(6,7)20(2,3)4/h8,17H,1,9-14,16H2,2-7H3. The van der Waals surface area contributed by atoms with E-state index in [2.05, 4.69) is 46.2 Å². The van der Waals surface area contributed by atoms with Crippen molar-refractivity contribution in [3.05, 3.63) is 29.3 Å². The molecule has 0 aromatic carbocycles. The zero-order valence-corrected chi connectivity index (χ0v) is 17.1. The molecule has 0 bridgehead atoms. The Morgan fingerprint density at radius 2 is 1.83 bits per heavy atom. The third-order valence-corrected chi connectivity index (χ3v) is 10.7. The van der Waals surface area contributed by atoms with Gasteiger partial charge in [-0.25, -0.2) is 0 Å². The quantitative estimate of drug-likeness (QED) is 0.181. The zero-order chi connectivity index (χ0) is 17.5. The van der Waals surface area contributed by atoms with Gasteiger partial charge in [0.15, 0.2) is 6.79 Å². The fraction of sp³-hybridized carbons (Fsp3) is 0.750. The Morgan fingerprint density at radius 1 is 1.22 bits per heavy atom. The van der Waals surface area contributed by atoms with E-state index in [1.807, 2.05) is 6.08 Å². The average Bonchev–Trinajstić information content (AvgIpc) is 2.50. The minimum Gasteiger partial charge on any atom is -0.469 e. The van der Waals surface area contributed by atoms with E-state index in [9.17, 15) is 0 Å². The van der Waals surface area contributed by atoms with Gasteiger partial charge in [-0.3, -0.25) is 0 Å². The van der Waals surface area contributed by atoms with Crippen molar-refractivity contribution < 1.29 is 9.47 Å². The molecule has 0 radical (unpaired) electrons. The van der Waals surface area contributed by atoms with Gasteiger partial charge in [0.05, 0.1) is 0 Å². The molecule has 0 spiro atoms. The van der Waals surface area contributed by atoms with Crippen LogP contribution >= 0.6 is 0 Å². The van der Waals surface area contributed by atoms with E-state index in [1.165, 1.54) is 37.7 Å². The molecule has 0 aromatic rings. The van der Waals surface area contributed by atoms with Crippen molar-refractivity contribution in [1.82, 2.24) is 0 Å². The number of methoxy groups -OCH3 is 1. The molecule has 0 aromatic heterocycles. The van der Waals surface area contributed by atoms with E-state index in [-0.39, 0.29) is 5.04 Å². The van der Waals surface area contributed by atoms with Gasteiger partial charge in [-0.2, -0.15) is 0 Å². The Kier molecular flexibility index (Phi) is 7.86. The van der Waals surface area contributed by atoms with Gasteiger partial charge in [0, 0.05) is 7.11 Å². The van der Waals surface area contributed by atoms with Gasteiger partial charge in [-0.1, -0.05) is 64.9 Å². The number of rotatable bonds is 7. The van der Waals surface area contributed by atoms with Crippen LogP contribution in [0, 0.1) is 5.92 Å². The van der Waals surface area contributed by atoms with Crippen LogP contribution in [0.1, 0.15) is 59.3 Å². The van der Waals surface area contributed by atoms with Crippen molar-refractivity contribution in [2.24, 2.45) is 5.92 Å². The largest absolute Gasteiger partial charge is 0.469 e. The monoisotopic (exact) mass is 336 g/mol. The minimum atomic E-state index is -1.78. The van der Waals surface area contributed by atoms with Gasteiger partial charge >= 0.3 is 0 Å². The summed E-state index contributed by atoms with van der Waals surface area (Å²) in [7, 11) is -0.0994. The number of hydrogen-bond donors (Lipinski definition) is 0. The lowest BCUT2D eigenvalue weighted by atomic mass is 9.83. The van der Waals surface area contributed by atoms with E-state index in [0.717, 1.165) is 11.8 Å². The van der Waals surface area contributed by atoms with Crippen molar-refractivity contribution in [2.75, 3.05) is 13.9 Å². The van der Waals surface area contributed by atoms with Crippen LogP contribution in [0.4, 0.5) is 0 Å². The molecule has 23 heavy (non-hydrogen) atoms. The maximum atomic E-state index is 6.04. The van der Waals surface area contributed by atoms with Gasteiger partial charge in [-0.05, 0) is 35.8 Å². The average molecular weight is 337 g/mol. The van der Waals surface area contributed by atoms with Crippen LogP contribution in [0.3, 0.4) is 0 Å². The molecule has 0 unspecified atom stereocenters. The molecule has 132 valence electrons. The first-order valence-electron chi connectivity index (χ1n) is 8.96. The highest BCUT2D eigenvalue weighted by molar-refractivity contribution is 6.86. The van der Waals surface area contributed by atoms with Crippen molar-refractivity contribution >= 4 is 8.07 Å². The summed E-state index contributed by atoms with van der Waals surface area (Å²) >= 11 is 0. The highest BCUT2D eigenvalue weighted by Gasteiger charge is 2.41. The molecule has 0 N–H and O–H groups in total. The fourth-order valence-electron chi connectivity index (χ4n) is 2.90. The van der Waals surface area contributed by atoms with Gasteiger partial charge in [-0.15, -0.1) is 6.58 Å². The first kappa shape index (κ1) is 20.3. The van der Waals surface area contributed by atoms with Gasteiger partial charge in [0.2, 0.25) is 0 Å². The summed E-state index contributed by atoms with van der Waals surface area (Å²) in [4.78, 5) is 0. The molecule has 2 nitrogen and oxygen atoms in total. The third kappa shape index (κ3) is 5.67. The topological polar surface area (TPSA) is 18.5 Å². The Bertz CT molecular complexity index is 445. The fourth-order valence-corrected chi connectivity index (χ4v) is 4.48. The highest BCUT2D eigenvalue weighted by Crippen LogP contribution is 2.41. The van der Waals surface area contributed by atoms with E-state index in [4.69, 9.17) is 9.47 Å². The van der Waals surface area contributed by atoms with Gasteiger partial charge in [0.25, 0.3) is 0 Å². The number of allylic oxidation sites excluding steroid dienone is 2. The van der Waals surface area contributed by atoms with Gasteiger partial charge < -0.3 is 9.47 Å². The molecule has 1 aliphatic rings. The van der Waals surface area contributed by atoms with Crippen molar-refractivity contribution in [3.8, 4) is 0 Å². The first-order valence-corrected chi connectivity index (χ1v) is 12.0. The molecule has 3 heteroatoms. The van der Waals surface area contributed by atoms with Crippen LogP contribution in [0.15, 0.2) is 29.3 Å². The van der Waals surface area contributed by atoms with E-state index in [0.29, 0.717) is 12.7 Å². The summed E-state index contributed by atoms with van der Waals surface area (Å²) in [5.74, 6) is 0.646. The van der Waals surface area contributed by atoms with Crippen LogP contribution < -0.4 is 0 Å². The second-order valence-corrected chi connectivity index (χ2v) is 13.4. The third-order valence-electron chi connectivity index (χ3n) is 5.50. The van der Waals surface area contributed by atoms with Crippen LogP contribution in [0.25, 0.3) is 0 Å². The Hall–Kier alpha value is -0.763. The van der Waals surface area contributed by atoms with Crippen molar-refractivity contribution in [2.45, 2.75) is 77.4 Å². The molecule has 0 aliphatic heterocycles. The maximum absolute atomic E-state index is 6.04. The molecule has 1 fully saturated rings. The molecule has 0 amide bonds. The second-order valence-electron chi connectivity index (χ2n) is 8.23. The molecular weight excluding hydrogens is 300 g/mol. The van der Waals surface area contributed by atoms with Crippen molar-refractivity contribution in [1.29, 1.82) is 0 Å². The molecule has 1 rings (SSSR count). The molecule has 1 aliphatic carbocycles. The molecule has 0 atom stereocenters. The minimum absolute atomic E-state index is 0.217. The highest BCUT2D eigenvalue weighted by atomic mass is 28.3.